The minimum Gasteiger partial charge on any atom is -0.495 e. The largest absolute Gasteiger partial charge is 0.495 e. The summed E-state index contributed by atoms with van der Waals surface area (Å²) in [5.41, 5.74) is 1.68. The van der Waals surface area contributed by atoms with Crippen LogP contribution in [-0.2, 0) is 16.0 Å². The first kappa shape index (κ1) is 18.4. The molecule has 8 nitrogen and oxygen atoms in total. The zero-order valence-electron chi connectivity index (χ0n) is 15.0. The standard InChI is InChI=1S/C19H19N3O5/c1-12(19(24)20-15-5-3-4-6-17(15)27-2)21-16-9-8-14(22(25)26)11-13(16)7-10-18(21)23/h3-6,8-9,11-12H,7,10H2,1-2H3,(H,20,24). The molecule has 8 heteroatoms. The minimum absolute atomic E-state index is 0.0332. The van der Waals surface area contributed by atoms with Crippen LogP contribution in [0, 0.1) is 10.1 Å². The van der Waals surface area contributed by atoms with Gasteiger partial charge in [0.1, 0.15) is 11.8 Å². The Labute approximate surface area is 155 Å². The Kier molecular flexibility index (Phi) is 5.07. The molecule has 0 saturated heterocycles. The maximum absolute atomic E-state index is 12.7. The summed E-state index contributed by atoms with van der Waals surface area (Å²) in [6, 6.07) is 10.5. The molecule has 0 saturated carbocycles. The van der Waals surface area contributed by atoms with Gasteiger partial charge in [-0.25, -0.2) is 0 Å². The third-order valence-corrected chi connectivity index (χ3v) is 4.54. The Morgan fingerprint density at radius 3 is 2.70 bits per heavy atom. The molecule has 2 aromatic carbocycles. The first-order chi connectivity index (χ1) is 12.9. The second-order valence-electron chi connectivity index (χ2n) is 6.20. The average molecular weight is 369 g/mol. The Morgan fingerprint density at radius 1 is 1.26 bits per heavy atom. The van der Waals surface area contributed by atoms with Crippen LogP contribution < -0.4 is 15.0 Å². The summed E-state index contributed by atoms with van der Waals surface area (Å²) in [5.74, 6) is -0.0582. The van der Waals surface area contributed by atoms with E-state index < -0.39 is 11.0 Å². The Bertz CT molecular complexity index is 912. The molecule has 140 valence electrons. The minimum atomic E-state index is -0.789. The number of non-ortho nitro benzene ring substituents is 1. The van der Waals surface area contributed by atoms with E-state index in [4.69, 9.17) is 4.74 Å². The van der Waals surface area contributed by atoms with E-state index in [0.29, 0.717) is 29.1 Å². The lowest BCUT2D eigenvalue weighted by atomic mass is 9.98. The zero-order chi connectivity index (χ0) is 19.6. The van der Waals surface area contributed by atoms with Crippen LogP contribution >= 0.6 is 0 Å². The molecule has 0 aliphatic carbocycles. The molecule has 1 atom stereocenters. The Hall–Kier alpha value is -3.42. The van der Waals surface area contributed by atoms with Gasteiger partial charge in [-0.1, -0.05) is 12.1 Å². The molecule has 0 aromatic heterocycles. The molecule has 1 aliphatic heterocycles. The number of para-hydroxylation sites is 2. The highest BCUT2D eigenvalue weighted by Gasteiger charge is 2.33. The van der Waals surface area contributed by atoms with Crippen molar-refractivity contribution in [2.45, 2.75) is 25.8 Å². The van der Waals surface area contributed by atoms with Crippen LogP contribution in [0.5, 0.6) is 5.75 Å². The number of amides is 2. The monoisotopic (exact) mass is 369 g/mol. The Balaban J connectivity index is 1.88. The van der Waals surface area contributed by atoms with Gasteiger partial charge in [-0.05, 0) is 37.1 Å². The van der Waals surface area contributed by atoms with E-state index in [1.807, 2.05) is 0 Å². The van der Waals surface area contributed by atoms with Crippen LogP contribution in [0.4, 0.5) is 17.1 Å². The molecule has 2 aromatic rings. The summed E-state index contributed by atoms with van der Waals surface area (Å²) < 4.78 is 5.23. The number of hydrogen-bond acceptors (Lipinski definition) is 5. The van der Waals surface area contributed by atoms with Crippen molar-refractivity contribution in [3.8, 4) is 5.75 Å². The van der Waals surface area contributed by atoms with Gasteiger partial charge in [-0.3, -0.25) is 24.6 Å². The predicted molar refractivity (Wildman–Crippen MR) is 100.0 cm³/mol. The molecule has 1 unspecified atom stereocenters. The van der Waals surface area contributed by atoms with Crippen molar-refractivity contribution in [2.75, 3.05) is 17.3 Å². The summed E-state index contributed by atoms with van der Waals surface area (Å²) in [6.07, 6.45) is 0.605. The van der Waals surface area contributed by atoms with Crippen molar-refractivity contribution in [2.24, 2.45) is 0 Å². The van der Waals surface area contributed by atoms with Gasteiger partial charge in [0.2, 0.25) is 11.8 Å². The molecule has 27 heavy (non-hydrogen) atoms. The predicted octanol–water partition coefficient (Wildman–Crippen LogP) is 2.91. The highest BCUT2D eigenvalue weighted by molar-refractivity contribution is 6.06. The van der Waals surface area contributed by atoms with Crippen LogP contribution in [0.25, 0.3) is 0 Å². The number of methoxy groups -OCH3 is 1. The topological polar surface area (TPSA) is 102 Å². The zero-order valence-corrected chi connectivity index (χ0v) is 15.0. The van der Waals surface area contributed by atoms with E-state index in [-0.39, 0.29) is 23.9 Å². The van der Waals surface area contributed by atoms with Crippen molar-refractivity contribution >= 4 is 28.9 Å². The second-order valence-corrected chi connectivity index (χ2v) is 6.20. The molecular weight excluding hydrogens is 350 g/mol. The van der Waals surface area contributed by atoms with Crippen LogP contribution in [0.1, 0.15) is 18.9 Å². The number of ether oxygens (including phenoxy) is 1. The van der Waals surface area contributed by atoms with Crippen LogP contribution in [-0.4, -0.2) is 29.9 Å². The first-order valence-electron chi connectivity index (χ1n) is 8.45. The number of carbonyl (C=O) groups excluding carboxylic acids is 2. The van der Waals surface area contributed by atoms with Gasteiger partial charge in [-0.15, -0.1) is 0 Å². The number of rotatable bonds is 5. The molecule has 1 aliphatic rings. The molecular formula is C19H19N3O5. The van der Waals surface area contributed by atoms with Gasteiger partial charge in [0.25, 0.3) is 5.69 Å². The average Bonchev–Trinajstić information content (AvgIpc) is 2.67. The number of carbonyl (C=O) groups is 2. The van der Waals surface area contributed by atoms with Gasteiger partial charge in [-0.2, -0.15) is 0 Å². The number of anilines is 2. The van der Waals surface area contributed by atoms with Crippen molar-refractivity contribution in [1.29, 1.82) is 0 Å². The van der Waals surface area contributed by atoms with Crippen LogP contribution in [0.2, 0.25) is 0 Å². The summed E-state index contributed by atoms with van der Waals surface area (Å²) >= 11 is 0. The van der Waals surface area contributed by atoms with E-state index in [0.717, 1.165) is 0 Å². The van der Waals surface area contributed by atoms with Gasteiger partial charge >= 0.3 is 0 Å². The third-order valence-electron chi connectivity index (χ3n) is 4.54. The maximum Gasteiger partial charge on any atom is 0.269 e. The highest BCUT2D eigenvalue weighted by atomic mass is 16.6. The highest BCUT2D eigenvalue weighted by Crippen LogP contribution is 2.33. The van der Waals surface area contributed by atoms with Crippen molar-refractivity contribution < 1.29 is 19.2 Å². The first-order valence-corrected chi connectivity index (χ1v) is 8.45. The lowest BCUT2D eigenvalue weighted by molar-refractivity contribution is -0.384. The fourth-order valence-electron chi connectivity index (χ4n) is 3.14. The third kappa shape index (κ3) is 3.59. The number of aryl methyl sites for hydroxylation is 1. The maximum atomic E-state index is 12.7. The summed E-state index contributed by atoms with van der Waals surface area (Å²) in [7, 11) is 1.51. The van der Waals surface area contributed by atoms with Gasteiger partial charge in [0.05, 0.1) is 17.7 Å². The Morgan fingerprint density at radius 2 is 2.00 bits per heavy atom. The SMILES string of the molecule is COc1ccccc1NC(=O)C(C)N1C(=O)CCc2cc([N+](=O)[O-])ccc21. The molecule has 0 radical (unpaired) electrons. The fraction of sp³-hybridized carbons (Fsp3) is 0.263. The van der Waals surface area contributed by atoms with E-state index in [1.54, 1.807) is 31.2 Å². The van der Waals surface area contributed by atoms with E-state index in [2.05, 4.69) is 5.32 Å². The normalized spacial score (nSPS) is 14.3. The van der Waals surface area contributed by atoms with Gasteiger partial charge in [0, 0.05) is 24.2 Å². The lowest BCUT2D eigenvalue weighted by Gasteiger charge is -2.33. The van der Waals surface area contributed by atoms with E-state index in [1.165, 1.54) is 30.2 Å². The smallest absolute Gasteiger partial charge is 0.269 e. The number of nitro groups is 1. The molecule has 0 fully saturated rings. The van der Waals surface area contributed by atoms with E-state index in [9.17, 15) is 19.7 Å². The van der Waals surface area contributed by atoms with Crippen LogP contribution in [0.15, 0.2) is 42.5 Å². The summed E-state index contributed by atoms with van der Waals surface area (Å²) in [5, 5.41) is 13.8. The quantitative estimate of drug-likeness (QED) is 0.645. The molecule has 0 spiro atoms. The molecule has 1 heterocycles. The number of nitrogens with one attached hydrogen (secondary N) is 1. The number of fused-ring (bicyclic) bond motifs is 1. The van der Waals surface area contributed by atoms with E-state index >= 15 is 0 Å². The number of nitro benzene ring substituents is 1. The second kappa shape index (κ2) is 7.45. The number of nitrogens with zero attached hydrogens (tertiary/aromatic N) is 2. The molecule has 2 amide bonds. The number of benzene rings is 2. The fourth-order valence-corrected chi connectivity index (χ4v) is 3.14. The summed E-state index contributed by atoms with van der Waals surface area (Å²) in [4.78, 5) is 37.1. The lowest BCUT2D eigenvalue weighted by Crippen LogP contribution is -2.48. The molecule has 3 rings (SSSR count). The van der Waals surface area contributed by atoms with Gasteiger partial charge < -0.3 is 10.1 Å². The summed E-state index contributed by atoms with van der Waals surface area (Å²) in [6.45, 7) is 1.62. The van der Waals surface area contributed by atoms with Gasteiger partial charge in [0.15, 0.2) is 0 Å². The van der Waals surface area contributed by atoms with Crippen molar-refractivity contribution in [3.63, 3.8) is 0 Å². The number of hydrogen-bond donors (Lipinski definition) is 1. The van der Waals surface area contributed by atoms with Crippen molar-refractivity contribution in [3.05, 3.63) is 58.1 Å². The van der Waals surface area contributed by atoms with Crippen molar-refractivity contribution in [1.82, 2.24) is 0 Å². The van der Waals surface area contributed by atoms with Crippen LogP contribution in [0.3, 0.4) is 0 Å². The molecule has 0 bridgehead atoms. The molecule has 1 N–H and O–H groups in total.